The summed E-state index contributed by atoms with van der Waals surface area (Å²) in [5.41, 5.74) is 0.770. The first-order valence-corrected chi connectivity index (χ1v) is 7.94. The topological polar surface area (TPSA) is 21.7 Å². The van der Waals surface area contributed by atoms with Crippen molar-refractivity contribution in [3.8, 4) is 0 Å². The Morgan fingerprint density at radius 2 is 1.15 bits per heavy atom. The third kappa shape index (κ3) is 15.9. The highest BCUT2D eigenvalue weighted by Gasteiger charge is 2.11. The van der Waals surface area contributed by atoms with Crippen LogP contribution in [0.2, 0.25) is 0 Å². The molecule has 0 aromatic rings. The largest absolute Gasteiger partial charge is 0.379 e. The van der Waals surface area contributed by atoms with E-state index in [0.717, 1.165) is 32.7 Å². The predicted molar refractivity (Wildman–Crippen MR) is 87.3 cm³/mol. The Morgan fingerprint density at radius 3 is 1.65 bits per heavy atom. The average molecular weight is 287 g/mol. The molecule has 0 N–H and O–H groups in total. The van der Waals surface area contributed by atoms with Crippen molar-refractivity contribution in [1.29, 1.82) is 0 Å². The molecule has 0 aliphatic rings. The Hall–Kier alpha value is -0.120. The van der Waals surface area contributed by atoms with Crippen LogP contribution < -0.4 is 0 Å². The van der Waals surface area contributed by atoms with E-state index < -0.39 is 0 Å². The molecule has 20 heavy (non-hydrogen) atoms. The molecule has 0 aliphatic heterocycles. The van der Waals surface area contributed by atoms with Gasteiger partial charge in [0.05, 0.1) is 19.8 Å². The van der Waals surface area contributed by atoms with Gasteiger partial charge in [-0.2, -0.15) is 0 Å². The van der Waals surface area contributed by atoms with Gasteiger partial charge in [-0.15, -0.1) is 0 Å². The van der Waals surface area contributed by atoms with E-state index in [9.17, 15) is 0 Å². The molecule has 0 saturated carbocycles. The Kier molecular flexibility index (Phi) is 9.69. The van der Waals surface area contributed by atoms with Gasteiger partial charge in [-0.05, 0) is 37.3 Å². The van der Waals surface area contributed by atoms with E-state index in [0.29, 0.717) is 24.0 Å². The number of rotatable bonds is 10. The van der Waals surface area contributed by atoms with Gasteiger partial charge in [0.15, 0.2) is 0 Å². The van der Waals surface area contributed by atoms with Crippen molar-refractivity contribution in [3.63, 3.8) is 0 Å². The maximum atomic E-state index is 5.60. The van der Waals surface area contributed by atoms with Gasteiger partial charge in [-0.3, -0.25) is 0 Å². The molecule has 0 aromatic heterocycles. The molecule has 3 nitrogen and oxygen atoms in total. The van der Waals surface area contributed by atoms with Crippen LogP contribution in [0.15, 0.2) is 0 Å². The lowest BCUT2D eigenvalue weighted by atomic mass is 9.92. The zero-order chi connectivity index (χ0) is 15.6. The second-order valence-corrected chi connectivity index (χ2v) is 8.15. The first kappa shape index (κ1) is 19.9. The van der Waals surface area contributed by atoms with Crippen molar-refractivity contribution in [2.45, 2.75) is 54.4 Å². The van der Waals surface area contributed by atoms with Crippen molar-refractivity contribution in [1.82, 2.24) is 4.90 Å². The number of hydrogen-bond donors (Lipinski definition) is 0. The molecule has 0 aromatic carbocycles. The fourth-order valence-corrected chi connectivity index (χ4v) is 1.56. The summed E-state index contributed by atoms with van der Waals surface area (Å²) in [6, 6.07) is 0. The Balaban J connectivity index is 3.32. The quantitative estimate of drug-likeness (QED) is 0.570. The van der Waals surface area contributed by atoms with Gasteiger partial charge in [-0.1, -0.05) is 41.5 Å². The fraction of sp³-hybridized carbons (Fsp3) is 1.00. The van der Waals surface area contributed by atoms with E-state index in [1.165, 1.54) is 6.42 Å². The Morgan fingerprint density at radius 1 is 0.650 bits per heavy atom. The van der Waals surface area contributed by atoms with Crippen molar-refractivity contribution in [3.05, 3.63) is 0 Å². The zero-order valence-electron chi connectivity index (χ0n) is 14.9. The molecular formula is C17H37NO2. The third-order valence-corrected chi connectivity index (χ3v) is 3.23. The van der Waals surface area contributed by atoms with Crippen molar-refractivity contribution in [2.24, 2.45) is 10.8 Å². The fourth-order valence-electron chi connectivity index (χ4n) is 1.56. The van der Waals surface area contributed by atoms with Gasteiger partial charge in [-0.25, -0.2) is 0 Å². The highest BCUT2D eigenvalue weighted by Crippen LogP contribution is 2.18. The Labute approximate surface area is 127 Å². The zero-order valence-corrected chi connectivity index (χ0v) is 14.9. The molecule has 3 heteroatoms. The number of ether oxygens (including phenoxy) is 2. The molecule has 0 unspecified atom stereocenters. The first-order chi connectivity index (χ1) is 9.10. The molecule has 0 saturated heterocycles. The Bertz CT molecular complexity index is 228. The molecule has 0 heterocycles. The first-order valence-electron chi connectivity index (χ1n) is 7.94. The summed E-state index contributed by atoms with van der Waals surface area (Å²) in [4.78, 5) is 2.34. The molecule has 0 bridgehead atoms. The minimum atomic E-state index is 0.358. The lowest BCUT2D eigenvalue weighted by Crippen LogP contribution is -2.27. The lowest BCUT2D eigenvalue weighted by Gasteiger charge is -2.23. The normalized spacial score (nSPS) is 13.2. The van der Waals surface area contributed by atoms with Gasteiger partial charge < -0.3 is 14.4 Å². The average Bonchev–Trinajstić information content (AvgIpc) is 2.27. The summed E-state index contributed by atoms with van der Waals surface area (Å²) in [6.07, 6.45) is 2.32. The van der Waals surface area contributed by atoms with Crippen LogP contribution in [-0.4, -0.2) is 51.5 Å². The third-order valence-electron chi connectivity index (χ3n) is 3.23. The summed E-state index contributed by atoms with van der Waals surface area (Å²) < 4.78 is 11.2. The highest BCUT2D eigenvalue weighted by molar-refractivity contribution is 4.64. The SMILES string of the molecule is CN(CCOCCOCCC(C)(C)C)CCC(C)(C)C. The van der Waals surface area contributed by atoms with Gasteiger partial charge in [0.2, 0.25) is 0 Å². The standard InChI is InChI=1S/C17H37NO2/c1-16(2,3)8-10-18(7)11-13-20-15-14-19-12-9-17(4,5)6/h8-15H2,1-7H3. The molecule has 0 fully saturated rings. The second-order valence-electron chi connectivity index (χ2n) is 8.15. The summed E-state index contributed by atoms with van der Waals surface area (Å²) in [6.45, 7) is 18.7. The van der Waals surface area contributed by atoms with Crippen molar-refractivity contribution in [2.75, 3.05) is 46.6 Å². The number of nitrogens with zero attached hydrogens (tertiary/aromatic N) is 1. The van der Waals surface area contributed by atoms with Crippen LogP contribution in [0, 0.1) is 10.8 Å². The van der Waals surface area contributed by atoms with Gasteiger partial charge >= 0.3 is 0 Å². The van der Waals surface area contributed by atoms with Crippen LogP contribution in [0.3, 0.4) is 0 Å². The van der Waals surface area contributed by atoms with E-state index >= 15 is 0 Å². The minimum Gasteiger partial charge on any atom is -0.379 e. The molecule has 0 aliphatic carbocycles. The molecule has 122 valence electrons. The van der Waals surface area contributed by atoms with Gasteiger partial charge in [0, 0.05) is 13.2 Å². The molecule has 0 rings (SSSR count). The molecule has 0 radical (unpaired) electrons. The summed E-state index contributed by atoms with van der Waals surface area (Å²) >= 11 is 0. The van der Waals surface area contributed by atoms with E-state index in [4.69, 9.17) is 9.47 Å². The maximum Gasteiger partial charge on any atom is 0.0701 e. The predicted octanol–water partition coefficient (Wildman–Crippen LogP) is 3.82. The lowest BCUT2D eigenvalue weighted by molar-refractivity contribution is 0.0325. The minimum absolute atomic E-state index is 0.358. The van der Waals surface area contributed by atoms with E-state index in [2.05, 4.69) is 53.5 Å². The van der Waals surface area contributed by atoms with Crippen molar-refractivity contribution >= 4 is 0 Å². The van der Waals surface area contributed by atoms with Crippen LogP contribution in [-0.2, 0) is 9.47 Å². The summed E-state index contributed by atoms with van der Waals surface area (Å²) in [5, 5.41) is 0. The van der Waals surface area contributed by atoms with E-state index in [1.807, 2.05) is 0 Å². The monoisotopic (exact) mass is 287 g/mol. The van der Waals surface area contributed by atoms with Crippen LogP contribution >= 0.6 is 0 Å². The maximum absolute atomic E-state index is 5.60. The number of hydrogen-bond acceptors (Lipinski definition) is 3. The van der Waals surface area contributed by atoms with Crippen LogP contribution in [0.4, 0.5) is 0 Å². The van der Waals surface area contributed by atoms with Crippen molar-refractivity contribution < 1.29 is 9.47 Å². The second kappa shape index (κ2) is 9.75. The van der Waals surface area contributed by atoms with Gasteiger partial charge in [0.1, 0.15) is 0 Å². The molecular weight excluding hydrogens is 250 g/mol. The highest BCUT2D eigenvalue weighted by atomic mass is 16.5. The molecule has 0 amide bonds. The summed E-state index contributed by atoms with van der Waals surface area (Å²) in [7, 11) is 2.16. The van der Waals surface area contributed by atoms with Gasteiger partial charge in [0.25, 0.3) is 0 Å². The number of likely N-dealkylation sites (N-methyl/N-ethyl adjacent to an activating group) is 1. The van der Waals surface area contributed by atoms with Crippen LogP contribution in [0.25, 0.3) is 0 Å². The molecule has 0 atom stereocenters. The van der Waals surface area contributed by atoms with E-state index in [1.54, 1.807) is 0 Å². The van der Waals surface area contributed by atoms with Crippen LogP contribution in [0.1, 0.15) is 54.4 Å². The van der Waals surface area contributed by atoms with Crippen LogP contribution in [0.5, 0.6) is 0 Å². The molecule has 0 spiro atoms. The summed E-state index contributed by atoms with van der Waals surface area (Å²) in [5.74, 6) is 0. The van der Waals surface area contributed by atoms with E-state index in [-0.39, 0.29) is 0 Å². The smallest absolute Gasteiger partial charge is 0.0701 e.